The van der Waals surface area contributed by atoms with Crippen LogP contribution in [0.4, 0.5) is 5.69 Å². The van der Waals surface area contributed by atoms with Gasteiger partial charge in [0.15, 0.2) is 24.7 Å². The molecule has 0 aliphatic carbocycles. The molecule has 2 aliphatic rings. The van der Waals surface area contributed by atoms with Crippen LogP contribution >= 0.6 is 0 Å². The standard InChI is InChI=1S/C24H28N2O5/c1-24(2)15-18-7-6-10-20(23(18)31-24)29-17-22(28)30-16-21(27)26-13-11-25(12-14-26)19-8-4-3-5-9-19/h3-10H,11-17H2,1-2H3. The van der Waals surface area contributed by atoms with Crippen LogP contribution in [-0.2, 0) is 20.7 Å². The normalized spacial score (nSPS) is 17.0. The number of amides is 1. The van der Waals surface area contributed by atoms with Gasteiger partial charge in [-0.3, -0.25) is 4.79 Å². The van der Waals surface area contributed by atoms with Crippen LogP contribution in [0.2, 0.25) is 0 Å². The molecule has 0 saturated carbocycles. The van der Waals surface area contributed by atoms with Gasteiger partial charge in [-0.25, -0.2) is 4.79 Å². The third kappa shape index (κ3) is 5.10. The molecular formula is C24H28N2O5. The number of esters is 1. The van der Waals surface area contributed by atoms with Crippen molar-refractivity contribution in [3.8, 4) is 11.5 Å². The number of carbonyl (C=O) groups excluding carboxylic acids is 2. The third-order valence-corrected chi connectivity index (χ3v) is 5.51. The summed E-state index contributed by atoms with van der Waals surface area (Å²) in [6.45, 7) is 6.19. The predicted molar refractivity (Wildman–Crippen MR) is 117 cm³/mol. The predicted octanol–water partition coefficient (Wildman–Crippen LogP) is 2.67. The maximum absolute atomic E-state index is 12.4. The largest absolute Gasteiger partial charge is 0.483 e. The second-order valence-electron chi connectivity index (χ2n) is 8.44. The lowest BCUT2D eigenvalue weighted by molar-refractivity contribution is -0.153. The molecule has 1 amide bonds. The minimum absolute atomic E-state index is 0.188. The Balaban J connectivity index is 1.21. The van der Waals surface area contributed by atoms with E-state index < -0.39 is 5.97 Å². The molecule has 0 unspecified atom stereocenters. The van der Waals surface area contributed by atoms with Crippen LogP contribution in [0.3, 0.4) is 0 Å². The first-order valence-electron chi connectivity index (χ1n) is 10.6. The van der Waals surface area contributed by atoms with Crippen molar-refractivity contribution in [2.75, 3.05) is 44.3 Å². The summed E-state index contributed by atoms with van der Waals surface area (Å²) in [6.07, 6.45) is 0.788. The molecule has 31 heavy (non-hydrogen) atoms. The van der Waals surface area contributed by atoms with Gasteiger partial charge < -0.3 is 24.0 Å². The van der Waals surface area contributed by atoms with Crippen molar-refractivity contribution >= 4 is 17.6 Å². The van der Waals surface area contributed by atoms with Crippen molar-refractivity contribution in [1.29, 1.82) is 0 Å². The van der Waals surface area contributed by atoms with Crippen LogP contribution in [-0.4, -0.2) is 61.8 Å². The van der Waals surface area contributed by atoms with Gasteiger partial charge in [0.25, 0.3) is 5.91 Å². The Bertz CT molecular complexity index is 936. The highest BCUT2D eigenvalue weighted by molar-refractivity contribution is 5.81. The Labute approximate surface area is 182 Å². The van der Waals surface area contributed by atoms with Crippen LogP contribution < -0.4 is 14.4 Å². The molecule has 7 nitrogen and oxygen atoms in total. The summed E-state index contributed by atoms with van der Waals surface area (Å²) in [5.74, 6) is 0.425. The highest BCUT2D eigenvalue weighted by Crippen LogP contribution is 2.41. The molecule has 0 radical (unpaired) electrons. The summed E-state index contributed by atoms with van der Waals surface area (Å²) in [5, 5.41) is 0. The van der Waals surface area contributed by atoms with Gasteiger partial charge in [-0.2, -0.15) is 0 Å². The van der Waals surface area contributed by atoms with Gasteiger partial charge in [-0.15, -0.1) is 0 Å². The first kappa shape index (κ1) is 21.0. The van der Waals surface area contributed by atoms with Crippen molar-refractivity contribution in [3.05, 3.63) is 54.1 Å². The smallest absolute Gasteiger partial charge is 0.344 e. The highest BCUT2D eigenvalue weighted by atomic mass is 16.6. The number of anilines is 1. The number of ether oxygens (including phenoxy) is 3. The Kier molecular flexibility index (Phi) is 6.02. The van der Waals surface area contributed by atoms with E-state index in [0.717, 1.165) is 30.8 Å². The van der Waals surface area contributed by atoms with Crippen molar-refractivity contribution in [3.63, 3.8) is 0 Å². The number of piperazine rings is 1. The fourth-order valence-electron chi connectivity index (χ4n) is 3.97. The average molecular weight is 424 g/mol. The van der Waals surface area contributed by atoms with E-state index in [1.165, 1.54) is 0 Å². The number of hydrogen-bond acceptors (Lipinski definition) is 6. The van der Waals surface area contributed by atoms with Crippen LogP contribution in [0.15, 0.2) is 48.5 Å². The quantitative estimate of drug-likeness (QED) is 0.665. The Morgan fingerprint density at radius 1 is 0.968 bits per heavy atom. The summed E-state index contributed by atoms with van der Waals surface area (Å²) in [5.41, 5.74) is 1.91. The molecule has 7 heteroatoms. The molecule has 164 valence electrons. The van der Waals surface area contributed by atoms with Gasteiger partial charge in [0.1, 0.15) is 5.60 Å². The number of benzene rings is 2. The summed E-state index contributed by atoms with van der Waals surface area (Å²) >= 11 is 0. The van der Waals surface area contributed by atoms with Crippen LogP contribution in [0, 0.1) is 0 Å². The fraction of sp³-hybridized carbons (Fsp3) is 0.417. The lowest BCUT2D eigenvalue weighted by Gasteiger charge is -2.36. The third-order valence-electron chi connectivity index (χ3n) is 5.51. The van der Waals surface area contributed by atoms with Crippen molar-refractivity contribution in [2.45, 2.75) is 25.9 Å². The molecule has 1 fully saturated rings. The number of para-hydroxylation sites is 2. The van der Waals surface area contributed by atoms with E-state index in [2.05, 4.69) is 17.0 Å². The second-order valence-corrected chi connectivity index (χ2v) is 8.44. The van der Waals surface area contributed by atoms with Gasteiger partial charge in [-0.05, 0) is 32.0 Å². The summed E-state index contributed by atoms with van der Waals surface area (Å²) in [6, 6.07) is 15.8. The van der Waals surface area contributed by atoms with Gasteiger partial charge >= 0.3 is 5.97 Å². The monoisotopic (exact) mass is 424 g/mol. The van der Waals surface area contributed by atoms with Gasteiger partial charge in [-0.1, -0.05) is 30.3 Å². The van der Waals surface area contributed by atoms with E-state index in [-0.39, 0.29) is 24.7 Å². The topological polar surface area (TPSA) is 68.3 Å². The van der Waals surface area contributed by atoms with E-state index in [4.69, 9.17) is 14.2 Å². The number of carbonyl (C=O) groups is 2. The number of rotatable bonds is 6. The van der Waals surface area contributed by atoms with E-state index in [1.807, 2.05) is 44.2 Å². The van der Waals surface area contributed by atoms with E-state index in [9.17, 15) is 9.59 Å². The molecule has 4 rings (SSSR count). The van der Waals surface area contributed by atoms with Gasteiger partial charge in [0.05, 0.1) is 0 Å². The zero-order valence-electron chi connectivity index (χ0n) is 18.0. The molecule has 2 aromatic carbocycles. The Morgan fingerprint density at radius 3 is 2.45 bits per heavy atom. The summed E-state index contributed by atoms with van der Waals surface area (Å²) < 4.78 is 16.7. The SMILES string of the molecule is CC1(C)Cc2cccc(OCC(=O)OCC(=O)N3CCN(c4ccccc4)CC3)c2O1. The lowest BCUT2D eigenvalue weighted by Crippen LogP contribution is -2.50. The van der Waals surface area contributed by atoms with Crippen molar-refractivity contribution in [1.82, 2.24) is 4.90 Å². The molecule has 2 heterocycles. The van der Waals surface area contributed by atoms with Crippen LogP contribution in [0.1, 0.15) is 19.4 Å². The van der Waals surface area contributed by atoms with Crippen molar-refractivity contribution < 1.29 is 23.8 Å². The Hall–Kier alpha value is -3.22. The number of hydrogen-bond donors (Lipinski definition) is 0. The number of nitrogens with zero attached hydrogens (tertiary/aromatic N) is 2. The molecule has 0 N–H and O–H groups in total. The Morgan fingerprint density at radius 2 is 1.71 bits per heavy atom. The summed E-state index contributed by atoms with van der Waals surface area (Å²) in [4.78, 5) is 28.5. The van der Waals surface area contributed by atoms with Crippen molar-refractivity contribution in [2.24, 2.45) is 0 Å². The number of fused-ring (bicyclic) bond motifs is 1. The molecule has 0 atom stereocenters. The molecule has 0 aromatic heterocycles. The maximum Gasteiger partial charge on any atom is 0.344 e. The van der Waals surface area contributed by atoms with Crippen LogP contribution in [0.25, 0.3) is 0 Å². The molecular weight excluding hydrogens is 396 g/mol. The van der Waals surface area contributed by atoms with Crippen LogP contribution in [0.5, 0.6) is 11.5 Å². The first-order chi connectivity index (χ1) is 14.9. The summed E-state index contributed by atoms with van der Waals surface area (Å²) in [7, 11) is 0. The van der Waals surface area contributed by atoms with E-state index >= 15 is 0 Å². The minimum atomic E-state index is -0.578. The minimum Gasteiger partial charge on any atom is -0.483 e. The lowest BCUT2D eigenvalue weighted by atomic mass is 10.0. The van der Waals surface area contributed by atoms with Gasteiger partial charge in [0, 0.05) is 43.9 Å². The van der Waals surface area contributed by atoms with E-state index in [1.54, 1.807) is 11.0 Å². The zero-order valence-corrected chi connectivity index (χ0v) is 18.0. The first-order valence-corrected chi connectivity index (χ1v) is 10.6. The van der Waals surface area contributed by atoms with Gasteiger partial charge in [0.2, 0.25) is 0 Å². The second kappa shape index (κ2) is 8.88. The molecule has 2 aliphatic heterocycles. The average Bonchev–Trinajstić information content (AvgIpc) is 3.11. The molecule has 0 bridgehead atoms. The fourth-order valence-corrected chi connectivity index (χ4v) is 3.97. The highest BCUT2D eigenvalue weighted by Gasteiger charge is 2.32. The molecule has 0 spiro atoms. The maximum atomic E-state index is 12.4. The molecule has 2 aromatic rings. The zero-order chi connectivity index (χ0) is 21.8. The van der Waals surface area contributed by atoms with E-state index in [0.29, 0.717) is 24.6 Å². The molecule has 1 saturated heterocycles.